The minimum atomic E-state index is -4.40. The van der Waals surface area contributed by atoms with E-state index in [1.165, 1.54) is 6.07 Å². The summed E-state index contributed by atoms with van der Waals surface area (Å²) in [7, 11) is -4.40. The SMILES string of the molecule is O=S(=O)(NCc1ccc(F)cc1Cl)c1c(F)cccc1F. The minimum absolute atomic E-state index is 0.00621. The van der Waals surface area contributed by atoms with Crippen LogP contribution in [0.3, 0.4) is 0 Å². The van der Waals surface area contributed by atoms with Crippen LogP contribution >= 0.6 is 11.6 Å². The number of hydrogen-bond donors (Lipinski definition) is 1. The Kier molecular flexibility index (Phi) is 4.55. The molecule has 2 rings (SSSR count). The van der Waals surface area contributed by atoms with E-state index in [1.54, 1.807) is 0 Å². The summed E-state index contributed by atoms with van der Waals surface area (Å²) in [5.74, 6) is -2.98. The monoisotopic (exact) mass is 335 g/mol. The van der Waals surface area contributed by atoms with Crippen LogP contribution < -0.4 is 4.72 Å². The van der Waals surface area contributed by atoms with Crippen LogP contribution in [0, 0.1) is 17.5 Å². The molecule has 2 aromatic rings. The van der Waals surface area contributed by atoms with E-state index in [-0.39, 0.29) is 17.1 Å². The zero-order chi connectivity index (χ0) is 15.6. The van der Waals surface area contributed by atoms with Gasteiger partial charge in [0, 0.05) is 11.6 Å². The standard InChI is InChI=1S/C13H9ClF3NO2S/c14-10-6-9(15)5-4-8(10)7-18-21(19,20)13-11(16)2-1-3-12(13)17/h1-6,18H,7H2. The Balaban J connectivity index is 2.26. The third kappa shape index (κ3) is 3.55. The Labute approximate surface area is 124 Å². The molecular formula is C13H9ClF3NO2S. The average Bonchev–Trinajstić information content (AvgIpc) is 2.37. The number of benzene rings is 2. The second-order valence-electron chi connectivity index (χ2n) is 4.11. The molecule has 0 aliphatic rings. The lowest BCUT2D eigenvalue weighted by atomic mass is 10.2. The van der Waals surface area contributed by atoms with Crippen LogP contribution in [-0.2, 0) is 16.6 Å². The number of rotatable bonds is 4. The first-order valence-corrected chi connectivity index (χ1v) is 7.55. The summed E-state index contributed by atoms with van der Waals surface area (Å²) < 4.78 is 65.7. The Morgan fingerprint density at radius 2 is 1.67 bits per heavy atom. The molecule has 0 atom stereocenters. The highest BCUT2D eigenvalue weighted by Crippen LogP contribution is 2.20. The lowest BCUT2D eigenvalue weighted by Gasteiger charge is -2.09. The molecule has 8 heteroatoms. The van der Waals surface area contributed by atoms with Crippen LogP contribution in [-0.4, -0.2) is 8.42 Å². The largest absolute Gasteiger partial charge is 0.246 e. The fraction of sp³-hybridized carbons (Fsp3) is 0.0769. The molecule has 2 aromatic carbocycles. The zero-order valence-corrected chi connectivity index (χ0v) is 12.0. The first-order chi connectivity index (χ1) is 9.81. The van der Waals surface area contributed by atoms with Crippen LogP contribution in [0.5, 0.6) is 0 Å². The molecule has 0 radical (unpaired) electrons. The quantitative estimate of drug-likeness (QED) is 0.932. The summed E-state index contributed by atoms with van der Waals surface area (Å²) in [4.78, 5) is -1.07. The molecule has 0 aliphatic heterocycles. The van der Waals surface area contributed by atoms with Crippen molar-refractivity contribution in [2.45, 2.75) is 11.4 Å². The normalized spacial score (nSPS) is 11.6. The van der Waals surface area contributed by atoms with Gasteiger partial charge in [-0.15, -0.1) is 0 Å². The van der Waals surface area contributed by atoms with E-state index in [1.807, 2.05) is 4.72 Å². The van der Waals surface area contributed by atoms with E-state index in [4.69, 9.17) is 11.6 Å². The van der Waals surface area contributed by atoms with Crippen molar-refractivity contribution in [2.24, 2.45) is 0 Å². The molecule has 0 heterocycles. The predicted molar refractivity (Wildman–Crippen MR) is 71.8 cm³/mol. The second kappa shape index (κ2) is 6.05. The molecule has 0 fully saturated rings. The maximum atomic E-state index is 13.5. The molecule has 0 saturated heterocycles. The maximum Gasteiger partial charge on any atom is 0.246 e. The molecule has 1 N–H and O–H groups in total. The van der Waals surface area contributed by atoms with Crippen molar-refractivity contribution < 1.29 is 21.6 Å². The number of nitrogens with one attached hydrogen (secondary N) is 1. The zero-order valence-electron chi connectivity index (χ0n) is 10.4. The van der Waals surface area contributed by atoms with E-state index in [0.717, 1.165) is 30.3 Å². The lowest BCUT2D eigenvalue weighted by molar-refractivity contribution is 0.514. The van der Waals surface area contributed by atoms with Gasteiger partial charge < -0.3 is 0 Å². The van der Waals surface area contributed by atoms with Crippen LogP contribution in [0.2, 0.25) is 5.02 Å². The van der Waals surface area contributed by atoms with Gasteiger partial charge in [0.05, 0.1) is 0 Å². The van der Waals surface area contributed by atoms with Crippen molar-refractivity contribution in [2.75, 3.05) is 0 Å². The summed E-state index contributed by atoms with van der Waals surface area (Å²) in [6, 6.07) is 6.11. The highest BCUT2D eigenvalue weighted by molar-refractivity contribution is 7.89. The first kappa shape index (κ1) is 15.8. The molecule has 0 aliphatic carbocycles. The van der Waals surface area contributed by atoms with Crippen molar-refractivity contribution in [1.29, 1.82) is 0 Å². The van der Waals surface area contributed by atoms with Crippen molar-refractivity contribution in [3.63, 3.8) is 0 Å². The van der Waals surface area contributed by atoms with Gasteiger partial charge in [0.25, 0.3) is 0 Å². The molecule has 0 amide bonds. The summed E-state index contributed by atoms with van der Waals surface area (Å²) in [6.45, 7) is -0.324. The van der Waals surface area contributed by atoms with Gasteiger partial charge >= 0.3 is 0 Å². The van der Waals surface area contributed by atoms with Gasteiger partial charge in [0.1, 0.15) is 17.5 Å². The summed E-state index contributed by atoms with van der Waals surface area (Å²) in [5, 5.41) is 0.00621. The molecule has 0 spiro atoms. The van der Waals surface area contributed by atoms with E-state index >= 15 is 0 Å². The summed E-state index contributed by atoms with van der Waals surface area (Å²) in [6.07, 6.45) is 0. The van der Waals surface area contributed by atoms with Crippen molar-refractivity contribution in [3.8, 4) is 0 Å². The molecule has 0 aromatic heterocycles. The Bertz CT molecular complexity index is 761. The average molecular weight is 336 g/mol. The van der Waals surface area contributed by atoms with E-state index in [2.05, 4.69) is 0 Å². The van der Waals surface area contributed by atoms with Gasteiger partial charge in [0.2, 0.25) is 10.0 Å². The predicted octanol–water partition coefficient (Wildman–Crippen LogP) is 3.24. The van der Waals surface area contributed by atoms with Gasteiger partial charge in [-0.3, -0.25) is 0 Å². The maximum absolute atomic E-state index is 13.5. The van der Waals surface area contributed by atoms with Crippen LogP contribution in [0.25, 0.3) is 0 Å². The lowest BCUT2D eigenvalue weighted by Crippen LogP contribution is -2.25. The summed E-state index contributed by atoms with van der Waals surface area (Å²) in [5.41, 5.74) is 0.276. The van der Waals surface area contributed by atoms with E-state index < -0.39 is 32.4 Å². The third-order valence-electron chi connectivity index (χ3n) is 2.66. The molecular weight excluding hydrogens is 327 g/mol. The van der Waals surface area contributed by atoms with Crippen molar-refractivity contribution >= 4 is 21.6 Å². The molecule has 0 bridgehead atoms. The van der Waals surface area contributed by atoms with Gasteiger partial charge in [-0.2, -0.15) is 0 Å². The van der Waals surface area contributed by atoms with Gasteiger partial charge in [-0.1, -0.05) is 23.7 Å². The minimum Gasteiger partial charge on any atom is -0.207 e. The van der Waals surface area contributed by atoms with E-state index in [0.29, 0.717) is 0 Å². The highest BCUT2D eigenvalue weighted by atomic mass is 35.5. The fourth-order valence-electron chi connectivity index (χ4n) is 1.65. The fourth-order valence-corrected chi connectivity index (χ4v) is 3.02. The third-order valence-corrected chi connectivity index (χ3v) is 4.46. The van der Waals surface area contributed by atoms with Gasteiger partial charge in [0.15, 0.2) is 4.90 Å². The van der Waals surface area contributed by atoms with Crippen molar-refractivity contribution in [3.05, 3.63) is 64.4 Å². The number of halogens is 4. The molecule has 3 nitrogen and oxygen atoms in total. The number of hydrogen-bond acceptors (Lipinski definition) is 2. The molecule has 0 unspecified atom stereocenters. The van der Waals surface area contributed by atoms with Crippen molar-refractivity contribution in [1.82, 2.24) is 4.72 Å². The molecule has 112 valence electrons. The molecule has 21 heavy (non-hydrogen) atoms. The smallest absolute Gasteiger partial charge is 0.207 e. The molecule has 0 saturated carbocycles. The van der Waals surface area contributed by atoms with Gasteiger partial charge in [-0.25, -0.2) is 26.3 Å². The first-order valence-electron chi connectivity index (χ1n) is 5.69. The van der Waals surface area contributed by atoms with Gasteiger partial charge in [-0.05, 0) is 29.8 Å². The Morgan fingerprint density at radius 1 is 1.05 bits per heavy atom. The topological polar surface area (TPSA) is 46.2 Å². The number of sulfonamides is 1. The second-order valence-corrected chi connectivity index (χ2v) is 6.22. The van der Waals surface area contributed by atoms with Crippen LogP contribution in [0.1, 0.15) is 5.56 Å². The summed E-state index contributed by atoms with van der Waals surface area (Å²) >= 11 is 5.74. The van der Waals surface area contributed by atoms with Crippen LogP contribution in [0.15, 0.2) is 41.3 Å². The Morgan fingerprint density at radius 3 is 2.24 bits per heavy atom. The van der Waals surface area contributed by atoms with E-state index in [9.17, 15) is 21.6 Å². The Hall–Kier alpha value is -1.57. The van der Waals surface area contributed by atoms with Crippen LogP contribution in [0.4, 0.5) is 13.2 Å². The highest BCUT2D eigenvalue weighted by Gasteiger charge is 2.23.